The maximum Gasteiger partial charge on any atom is 0.125 e. The summed E-state index contributed by atoms with van der Waals surface area (Å²) in [5.41, 5.74) is 13.9. The van der Waals surface area contributed by atoms with Crippen LogP contribution in [0.15, 0.2) is 35.0 Å². The first-order chi connectivity index (χ1) is 14.4. The predicted molar refractivity (Wildman–Crippen MR) is 119 cm³/mol. The molecule has 0 bridgehead atoms. The van der Waals surface area contributed by atoms with Crippen LogP contribution in [0.4, 0.5) is 5.69 Å². The van der Waals surface area contributed by atoms with E-state index >= 15 is 0 Å². The number of aliphatic imine (C=N–C) groups is 1. The Morgan fingerprint density at radius 1 is 1.30 bits per heavy atom. The molecule has 0 atom stereocenters. The predicted octanol–water partition coefficient (Wildman–Crippen LogP) is 1.46. The molecule has 1 aliphatic carbocycles. The summed E-state index contributed by atoms with van der Waals surface area (Å²) in [5.74, 6) is 1.51. The van der Waals surface area contributed by atoms with Gasteiger partial charge in [-0.15, -0.1) is 0 Å². The van der Waals surface area contributed by atoms with Crippen LogP contribution in [-0.4, -0.2) is 79.4 Å². The third kappa shape index (κ3) is 4.44. The van der Waals surface area contributed by atoms with E-state index in [0.29, 0.717) is 23.0 Å². The molecule has 30 heavy (non-hydrogen) atoms. The third-order valence-electron chi connectivity index (χ3n) is 6.16. The van der Waals surface area contributed by atoms with Gasteiger partial charge in [-0.2, -0.15) is 0 Å². The Morgan fingerprint density at radius 3 is 2.63 bits per heavy atom. The van der Waals surface area contributed by atoms with E-state index in [9.17, 15) is 0 Å². The zero-order valence-electron chi connectivity index (χ0n) is 17.9. The number of nitrogens with one attached hydrogen (secondary N) is 1. The maximum absolute atomic E-state index is 8.58. The zero-order valence-corrected chi connectivity index (χ0v) is 17.9. The molecule has 1 aromatic carbocycles. The van der Waals surface area contributed by atoms with Crippen molar-refractivity contribution in [2.24, 2.45) is 10.7 Å². The Balaban J connectivity index is 1.42. The van der Waals surface area contributed by atoms with Crippen LogP contribution in [0.1, 0.15) is 25.3 Å². The number of nitrogen functional groups attached to an aromatic ring is 1. The molecule has 4 rings (SSSR count). The normalized spacial score (nSPS) is 22.5. The second-order valence-electron chi connectivity index (χ2n) is 8.56. The van der Waals surface area contributed by atoms with Crippen LogP contribution in [0.3, 0.4) is 0 Å². The van der Waals surface area contributed by atoms with Gasteiger partial charge in [0.05, 0.1) is 24.6 Å². The van der Waals surface area contributed by atoms with Crippen LogP contribution >= 0.6 is 0 Å². The molecule has 2 heterocycles. The fraction of sp³-hybridized carbons (Fsp3) is 0.545. The number of anilines is 1. The molecule has 8 heteroatoms. The molecule has 3 fully saturated rings. The summed E-state index contributed by atoms with van der Waals surface area (Å²) in [5, 5.41) is 8.58. The van der Waals surface area contributed by atoms with Crippen molar-refractivity contribution >= 4 is 17.2 Å². The van der Waals surface area contributed by atoms with Gasteiger partial charge >= 0.3 is 0 Å². The Kier molecular flexibility index (Phi) is 5.71. The molecule has 8 nitrogen and oxygen atoms in total. The largest absolute Gasteiger partial charge is 0.488 e. The average molecular weight is 413 g/mol. The fourth-order valence-electron chi connectivity index (χ4n) is 3.86. The van der Waals surface area contributed by atoms with Gasteiger partial charge in [-0.3, -0.25) is 15.3 Å². The van der Waals surface area contributed by atoms with Crippen LogP contribution in [0.25, 0.3) is 0 Å². The summed E-state index contributed by atoms with van der Waals surface area (Å²) >= 11 is 0. The molecule has 0 spiro atoms. The van der Waals surface area contributed by atoms with E-state index in [-0.39, 0.29) is 11.3 Å². The van der Waals surface area contributed by atoms with Gasteiger partial charge in [-0.05, 0) is 38.0 Å². The highest BCUT2D eigenvalue weighted by Crippen LogP contribution is 2.40. The molecule has 0 unspecified atom stereocenters. The van der Waals surface area contributed by atoms with Gasteiger partial charge < -0.3 is 25.8 Å². The smallest absolute Gasteiger partial charge is 0.125 e. The standard InChI is InChI=1S/C22H32N6O2/c1-22(5-6-22)30-16-3-4-18(23)17(11-16)21(25)19(24)12-20(26-2)28-13-15(14-28)27-7-9-29-10-8-27/h3-4,11-12,15,25H,5-10,13-14,23-24H2,1-2H3/b19-12-,25-21?,26-20?. The number of benzene rings is 1. The molecular formula is C22H32N6O2. The Labute approximate surface area is 178 Å². The van der Waals surface area contributed by atoms with Gasteiger partial charge in [0, 0.05) is 56.6 Å². The van der Waals surface area contributed by atoms with Gasteiger partial charge in [0.2, 0.25) is 0 Å². The van der Waals surface area contributed by atoms with E-state index in [1.54, 1.807) is 19.2 Å². The Bertz CT molecular complexity index is 864. The number of hydrogen-bond acceptors (Lipinski definition) is 7. The number of amidine groups is 1. The SMILES string of the molecule is CN=C(/C=C(\N)C(=N)c1cc(OC2(C)CC2)ccc1N)N1CC(N2CCOCC2)C1. The van der Waals surface area contributed by atoms with Crippen molar-refractivity contribution in [3.8, 4) is 5.75 Å². The molecule has 5 N–H and O–H groups in total. The van der Waals surface area contributed by atoms with E-state index in [1.807, 2.05) is 12.1 Å². The lowest BCUT2D eigenvalue weighted by Gasteiger charge is -2.47. The quantitative estimate of drug-likeness (QED) is 0.370. The van der Waals surface area contributed by atoms with Gasteiger partial charge in [0.1, 0.15) is 17.2 Å². The zero-order chi connectivity index (χ0) is 21.3. The molecule has 162 valence electrons. The van der Waals surface area contributed by atoms with Crippen molar-refractivity contribution < 1.29 is 9.47 Å². The fourth-order valence-corrected chi connectivity index (χ4v) is 3.86. The second kappa shape index (κ2) is 8.28. The minimum absolute atomic E-state index is 0.0898. The summed E-state index contributed by atoms with van der Waals surface area (Å²) < 4.78 is 11.5. The van der Waals surface area contributed by atoms with E-state index in [0.717, 1.165) is 63.8 Å². The molecule has 1 saturated carbocycles. The number of allylic oxidation sites excluding steroid dienone is 1. The Morgan fingerprint density at radius 2 is 2.00 bits per heavy atom. The minimum Gasteiger partial charge on any atom is -0.488 e. The van der Waals surface area contributed by atoms with Crippen LogP contribution in [0.2, 0.25) is 0 Å². The summed E-state index contributed by atoms with van der Waals surface area (Å²) in [6, 6.07) is 5.95. The lowest BCUT2D eigenvalue weighted by atomic mass is 10.0. The molecule has 2 saturated heterocycles. The molecule has 0 aromatic heterocycles. The highest BCUT2D eigenvalue weighted by molar-refractivity contribution is 6.16. The number of nitrogens with two attached hydrogens (primary N) is 2. The van der Waals surface area contributed by atoms with E-state index in [4.69, 9.17) is 26.4 Å². The maximum atomic E-state index is 8.58. The number of nitrogens with zero attached hydrogens (tertiary/aromatic N) is 3. The summed E-state index contributed by atoms with van der Waals surface area (Å²) in [6.45, 7) is 7.48. The molecule has 1 aromatic rings. The lowest BCUT2D eigenvalue weighted by Crippen LogP contribution is -2.62. The van der Waals surface area contributed by atoms with Crippen molar-refractivity contribution in [3.63, 3.8) is 0 Å². The molecule has 2 aliphatic heterocycles. The van der Waals surface area contributed by atoms with Crippen molar-refractivity contribution in [1.29, 1.82) is 5.41 Å². The molecule has 3 aliphatic rings. The van der Waals surface area contributed by atoms with E-state index in [2.05, 4.69) is 21.7 Å². The third-order valence-corrected chi connectivity index (χ3v) is 6.16. The first-order valence-electron chi connectivity index (χ1n) is 10.6. The Hall–Kier alpha value is -2.58. The first-order valence-corrected chi connectivity index (χ1v) is 10.6. The highest BCUT2D eigenvalue weighted by atomic mass is 16.5. The molecule has 0 radical (unpaired) electrons. The number of morpholine rings is 1. The first kappa shape index (κ1) is 20.7. The summed E-state index contributed by atoms with van der Waals surface area (Å²) in [6.07, 6.45) is 3.86. The van der Waals surface area contributed by atoms with Gasteiger partial charge in [0.25, 0.3) is 0 Å². The van der Waals surface area contributed by atoms with Crippen molar-refractivity contribution in [2.45, 2.75) is 31.4 Å². The highest BCUT2D eigenvalue weighted by Gasteiger charge is 2.40. The van der Waals surface area contributed by atoms with Gasteiger partial charge in [-0.1, -0.05) is 0 Å². The van der Waals surface area contributed by atoms with Gasteiger partial charge in [-0.25, -0.2) is 0 Å². The summed E-state index contributed by atoms with van der Waals surface area (Å²) in [4.78, 5) is 9.05. The van der Waals surface area contributed by atoms with Crippen molar-refractivity contribution in [2.75, 3.05) is 52.2 Å². The van der Waals surface area contributed by atoms with Crippen molar-refractivity contribution in [3.05, 3.63) is 35.5 Å². The number of rotatable bonds is 6. The number of ether oxygens (including phenoxy) is 2. The van der Waals surface area contributed by atoms with E-state index in [1.165, 1.54) is 0 Å². The van der Waals surface area contributed by atoms with Crippen LogP contribution in [0, 0.1) is 5.41 Å². The van der Waals surface area contributed by atoms with Crippen molar-refractivity contribution in [1.82, 2.24) is 9.80 Å². The topological polar surface area (TPSA) is 113 Å². The number of hydrogen-bond donors (Lipinski definition) is 3. The molecular weight excluding hydrogens is 380 g/mol. The van der Waals surface area contributed by atoms with Crippen LogP contribution in [-0.2, 0) is 4.74 Å². The minimum atomic E-state index is -0.0898. The van der Waals surface area contributed by atoms with Crippen LogP contribution < -0.4 is 16.2 Å². The molecule has 0 amide bonds. The number of likely N-dealkylation sites (tertiary alicyclic amines) is 1. The average Bonchev–Trinajstić information content (AvgIpc) is 3.44. The monoisotopic (exact) mass is 412 g/mol. The van der Waals surface area contributed by atoms with E-state index < -0.39 is 0 Å². The summed E-state index contributed by atoms with van der Waals surface area (Å²) in [7, 11) is 1.75. The van der Waals surface area contributed by atoms with Crippen LogP contribution in [0.5, 0.6) is 5.75 Å². The lowest BCUT2D eigenvalue weighted by molar-refractivity contribution is -0.0143. The van der Waals surface area contributed by atoms with Gasteiger partial charge in [0.15, 0.2) is 0 Å². The second-order valence-corrected chi connectivity index (χ2v) is 8.56.